The van der Waals surface area contributed by atoms with E-state index < -0.39 is 15.9 Å². The number of sulfonamides is 1. The monoisotopic (exact) mass is 458 g/mol. The Morgan fingerprint density at radius 2 is 1.91 bits per heavy atom. The van der Waals surface area contributed by atoms with Crippen LogP contribution in [0, 0.1) is 19.3 Å². The zero-order valence-corrected chi connectivity index (χ0v) is 18.8. The number of aromatic nitrogens is 3. The highest BCUT2D eigenvalue weighted by Crippen LogP contribution is 2.28. The Hall–Kier alpha value is -3.80. The molecule has 7 nitrogen and oxygen atoms in total. The highest BCUT2D eigenvalue weighted by molar-refractivity contribution is 7.89. The number of hydrogen-bond acceptors (Lipinski definition) is 5. The van der Waals surface area contributed by atoms with Crippen molar-refractivity contribution in [3.05, 3.63) is 89.5 Å². The maximum Gasteiger partial charge on any atom is 0.215 e. The number of benzene rings is 2. The second-order valence-electron chi connectivity index (χ2n) is 7.87. The lowest BCUT2D eigenvalue weighted by atomic mass is 9.95. The molecule has 0 bridgehead atoms. The van der Waals surface area contributed by atoms with Crippen molar-refractivity contribution in [1.29, 1.82) is 0 Å². The van der Waals surface area contributed by atoms with Gasteiger partial charge in [0.15, 0.2) is 11.3 Å². The normalized spacial score (nSPS) is 12.4. The van der Waals surface area contributed by atoms with Gasteiger partial charge in [0.05, 0.1) is 11.4 Å². The van der Waals surface area contributed by atoms with E-state index in [1.807, 2.05) is 49.4 Å². The number of fused-ring (bicyclic) bond motifs is 1. The number of imidazole rings is 1. The standard InChI is InChI=1S/C25H22N4O3S/c1-3-5-21(15-33(26,31)32)19-6-4-7-20(14-19)22-12-13-27-25-23(28-16-29(22)25)24(30)18-10-8-17(2)9-11-18/h1,4,6-14,16,21H,5,15H2,2H3,(H2,26,31,32). The third-order valence-corrected chi connectivity index (χ3v) is 6.28. The highest BCUT2D eigenvalue weighted by Gasteiger charge is 2.20. The number of nitrogens with two attached hydrogens (primary N) is 1. The van der Waals surface area contributed by atoms with Gasteiger partial charge in [-0.2, -0.15) is 0 Å². The van der Waals surface area contributed by atoms with E-state index in [9.17, 15) is 13.2 Å². The van der Waals surface area contributed by atoms with Gasteiger partial charge in [-0.15, -0.1) is 12.3 Å². The van der Waals surface area contributed by atoms with Gasteiger partial charge >= 0.3 is 0 Å². The van der Waals surface area contributed by atoms with E-state index in [1.165, 1.54) is 0 Å². The first-order valence-corrected chi connectivity index (χ1v) is 12.0. The van der Waals surface area contributed by atoms with E-state index in [2.05, 4.69) is 15.9 Å². The molecule has 166 valence electrons. The third kappa shape index (κ3) is 4.85. The molecule has 2 aromatic carbocycles. The second kappa shape index (κ2) is 8.98. The number of nitrogens with zero attached hydrogens (tertiary/aromatic N) is 3. The summed E-state index contributed by atoms with van der Waals surface area (Å²) in [6.45, 7) is 1.96. The molecule has 0 aliphatic carbocycles. The molecule has 0 aliphatic heterocycles. The summed E-state index contributed by atoms with van der Waals surface area (Å²) in [6.07, 6.45) is 8.88. The van der Waals surface area contributed by atoms with Crippen LogP contribution in [0.15, 0.2) is 67.1 Å². The first-order valence-electron chi connectivity index (χ1n) is 10.2. The molecule has 2 N–H and O–H groups in total. The first kappa shape index (κ1) is 22.4. The Balaban J connectivity index is 1.76. The molecule has 2 aromatic heterocycles. The molecular weight excluding hydrogens is 436 g/mol. The molecule has 4 rings (SSSR count). The fourth-order valence-electron chi connectivity index (χ4n) is 3.79. The summed E-state index contributed by atoms with van der Waals surface area (Å²) in [6, 6.07) is 16.5. The van der Waals surface area contributed by atoms with Crippen molar-refractivity contribution in [3.8, 4) is 23.6 Å². The molecule has 0 amide bonds. The van der Waals surface area contributed by atoms with Crippen LogP contribution in [0.4, 0.5) is 0 Å². The average molecular weight is 459 g/mol. The maximum atomic E-state index is 13.0. The van der Waals surface area contributed by atoms with Crippen molar-refractivity contribution >= 4 is 21.5 Å². The summed E-state index contributed by atoms with van der Waals surface area (Å²) < 4.78 is 25.1. The summed E-state index contributed by atoms with van der Waals surface area (Å²) in [5, 5.41) is 5.27. The Labute approximate surface area is 192 Å². The van der Waals surface area contributed by atoms with Gasteiger partial charge in [-0.1, -0.05) is 48.0 Å². The Morgan fingerprint density at radius 3 is 2.61 bits per heavy atom. The fourth-order valence-corrected chi connectivity index (χ4v) is 4.66. The largest absolute Gasteiger partial charge is 0.287 e. The molecule has 0 aliphatic rings. The van der Waals surface area contributed by atoms with Gasteiger partial charge in [0.25, 0.3) is 0 Å². The van der Waals surface area contributed by atoms with Crippen LogP contribution in [0.2, 0.25) is 0 Å². The van der Waals surface area contributed by atoms with Gasteiger partial charge in [0, 0.05) is 24.1 Å². The summed E-state index contributed by atoms with van der Waals surface area (Å²) in [5.74, 6) is 1.65. The maximum absolute atomic E-state index is 13.0. The van der Waals surface area contributed by atoms with Gasteiger partial charge in [-0.3, -0.25) is 9.20 Å². The second-order valence-corrected chi connectivity index (χ2v) is 9.53. The minimum Gasteiger partial charge on any atom is -0.287 e. The number of carbonyl (C=O) groups is 1. The van der Waals surface area contributed by atoms with Crippen molar-refractivity contribution in [2.45, 2.75) is 19.3 Å². The lowest BCUT2D eigenvalue weighted by Crippen LogP contribution is -2.21. The van der Waals surface area contributed by atoms with Crippen molar-refractivity contribution in [3.63, 3.8) is 0 Å². The SMILES string of the molecule is C#CCC(CS(N)(=O)=O)c1cccc(-c2ccnc3c(C(=O)c4ccc(C)cc4)ncn23)c1. The number of primary sulfonamides is 1. The molecule has 0 spiro atoms. The predicted molar refractivity (Wildman–Crippen MR) is 127 cm³/mol. The van der Waals surface area contributed by atoms with Crippen molar-refractivity contribution in [1.82, 2.24) is 14.4 Å². The Bertz CT molecular complexity index is 1480. The first-order chi connectivity index (χ1) is 15.8. The van der Waals surface area contributed by atoms with Gasteiger partial charge in [-0.25, -0.2) is 23.5 Å². The van der Waals surface area contributed by atoms with Gasteiger partial charge in [0.1, 0.15) is 6.33 Å². The van der Waals surface area contributed by atoms with E-state index >= 15 is 0 Å². The molecule has 2 heterocycles. The smallest absolute Gasteiger partial charge is 0.215 e. The molecule has 0 radical (unpaired) electrons. The molecule has 1 unspecified atom stereocenters. The van der Waals surface area contributed by atoms with E-state index in [1.54, 1.807) is 29.1 Å². The number of terminal acetylenes is 1. The number of ketones is 1. The number of rotatable bonds is 7. The minimum atomic E-state index is -3.70. The highest BCUT2D eigenvalue weighted by atomic mass is 32.2. The lowest BCUT2D eigenvalue weighted by molar-refractivity contribution is 0.103. The molecule has 0 fully saturated rings. The summed E-state index contributed by atoms with van der Waals surface area (Å²) in [5.41, 5.74) is 4.63. The fraction of sp³-hybridized carbons (Fsp3) is 0.160. The zero-order chi connectivity index (χ0) is 23.6. The van der Waals surface area contributed by atoms with Crippen LogP contribution in [0.25, 0.3) is 16.9 Å². The van der Waals surface area contributed by atoms with E-state index in [-0.39, 0.29) is 23.7 Å². The van der Waals surface area contributed by atoms with Crippen molar-refractivity contribution in [2.75, 3.05) is 5.75 Å². The van der Waals surface area contributed by atoms with Crippen LogP contribution < -0.4 is 5.14 Å². The average Bonchev–Trinajstić information content (AvgIpc) is 3.22. The summed E-state index contributed by atoms with van der Waals surface area (Å²) >= 11 is 0. The summed E-state index contributed by atoms with van der Waals surface area (Å²) in [4.78, 5) is 21.8. The number of hydrogen-bond donors (Lipinski definition) is 1. The van der Waals surface area contributed by atoms with Crippen LogP contribution in [0.5, 0.6) is 0 Å². The topological polar surface area (TPSA) is 107 Å². The van der Waals surface area contributed by atoms with E-state index in [0.717, 1.165) is 22.4 Å². The molecule has 1 atom stereocenters. The molecule has 8 heteroatoms. The quantitative estimate of drug-likeness (QED) is 0.338. The van der Waals surface area contributed by atoms with Gasteiger partial charge < -0.3 is 0 Å². The molecule has 0 saturated heterocycles. The van der Waals surface area contributed by atoms with Crippen molar-refractivity contribution < 1.29 is 13.2 Å². The molecule has 33 heavy (non-hydrogen) atoms. The Kier molecular flexibility index (Phi) is 6.09. The van der Waals surface area contributed by atoms with E-state index in [4.69, 9.17) is 11.6 Å². The van der Waals surface area contributed by atoms with Gasteiger partial charge in [0.2, 0.25) is 15.8 Å². The van der Waals surface area contributed by atoms with Crippen molar-refractivity contribution in [2.24, 2.45) is 5.14 Å². The Morgan fingerprint density at radius 1 is 1.15 bits per heavy atom. The van der Waals surface area contributed by atoms with E-state index in [0.29, 0.717) is 11.2 Å². The molecule has 0 saturated carbocycles. The number of aryl methyl sites for hydroxylation is 1. The predicted octanol–water partition coefficient (Wildman–Crippen LogP) is 3.33. The van der Waals surface area contributed by atoms with Crippen LogP contribution in [0.1, 0.15) is 39.5 Å². The van der Waals surface area contributed by atoms with Crippen LogP contribution in [0.3, 0.4) is 0 Å². The lowest BCUT2D eigenvalue weighted by Gasteiger charge is -2.15. The minimum absolute atomic E-state index is 0.210. The number of carbonyl (C=O) groups excluding carboxylic acids is 1. The third-order valence-electron chi connectivity index (χ3n) is 5.41. The zero-order valence-electron chi connectivity index (χ0n) is 18.0. The van der Waals surface area contributed by atoms with Gasteiger partial charge in [-0.05, 0) is 30.2 Å². The summed E-state index contributed by atoms with van der Waals surface area (Å²) in [7, 11) is -3.70. The van der Waals surface area contributed by atoms with Crippen LogP contribution >= 0.6 is 0 Å². The van der Waals surface area contributed by atoms with Crippen LogP contribution in [-0.2, 0) is 10.0 Å². The van der Waals surface area contributed by atoms with Crippen LogP contribution in [-0.4, -0.2) is 34.3 Å². The molecule has 4 aromatic rings. The molecular formula is C25H22N4O3S.